The van der Waals surface area contributed by atoms with Gasteiger partial charge in [-0.3, -0.25) is 14.5 Å². The maximum atomic E-state index is 11.8. The fourth-order valence-electron chi connectivity index (χ4n) is 2.23. The Kier molecular flexibility index (Phi) is 4.16. The lowest BCUT2D eigenvalue weighted by Gasteiger charge is -2.26. The second kappa shape index (κ2) is 5.84. The zero-order chi connectivity index (χ0) is 13.8. The summed E-state index contributed by atoms with van der Waals surface area (Å²) < 4.78 is 0. The van der Waals surface area contributed by atoms with Crippen molar-refractivity contribution >= 4 is 11.9 Å². The first-order valence-electron chi connectivity index (χ1n) is 6.36. The van der Waals surface area contributed by atoms with Crippen molar-refractivity contribution in [1.29, 1.82) is 0 Å². The van der Waals surface area contributed by atoms with Crippen LogP contribution in [0.1, 0.15) is 12.5 Å². The van der Waals surface area contributed by atoms with Gasteiger partial charge in [-0.25, -0.2) is 0 Å². The van der Waals surface area contributed by atoms with Gasteiger partial charge in [0.15, 0.2) is 0 Å². The van der Waals surface area contributed by atoms with E-state index in [4.69, 9.17) is 5.11 Å². The molecule has 1 heterocycles. The molecule has 0 saturated carbocycles. The number of carbonyl (C=O) groups excluding carboxylic acids is 1. The van der Waals surface area contributed by atoms with Crippen molar-refractivity contribution in [2.75, 3.05) is 13.1 Å². The van der Waals surface area contributed by atoms with Gasteiger partial charge in [0.1, 0.15) is 0 Å². The number of carbonyl (C=O) groups is 2. The van der Waals surface area contributed by atoms with Gasteiger partial charge in [-0.1, -0.05) is 30.3 Å². The van der Waals surface area contributed by atoms with Crippen LogP contribution in [0, 0.1) is 5.92 Å². The predicted molar refractivity (Wildman–Crippen MR) is 70.4 cm³/mol. The largest absolute Gasteiger partial charge is 0.481 e. The highest BCUT2D eigenvalue weighted by molar-refractivity contribution is 5.82. The van der Waals surface area contributed by atoms with Gasteiger partial charge in [0, 0.05) is 19.6 Å². The monoisotopic (exact) mass is 262 g/mol. The Bertz CT molecular complexity index is 461. The van der Waals surface area contributed by atoms with E-state index in [2.05, 4.69) is 5.32 Å². The minimum atomic E-state index is -0.868. The minimum Gasteiger partial charge on any atom is -0.481 e. The Labute approximate surface area is 112 Å². The van der Waals surface area contributed by atoms with Crippen LogP contribution in [0.15, 0.2) is 30.3 Å². The molecule has 2 N–H and O–H groups in total. The number of aliphatic carboxylic acids is 1. The Morgan fingerprint density at radius 2 is 2.11 bits per heavy atom. The number of hydrogen-bond donors (Lipinski definition) is 2. The van der Waals surface area contributed by atoms with Crippen molar-refractivity contribution < 1.29 is 14.7 Å². The van der Waals surface area contributed by atoms with Gasteiger partial charge < -0.3 is 10.4 Å². The average Bonchev–Trinajstić information content (AvgIpc) is 2.54. The van der Waals surface area contributed by atoms with Crippen molar-refractivity contribution in [3.8, 4) is 0 Å². The van der Waals surface area contributed by atoms with Crippen molar-refractivity contribution in [2.24, 2.45) is 5.92 Å². The van der Waals surface area contributed by atoms with Crippen molar-refractivity contribution in [2.45, 2.75) is 19.5 Å². The highest BCUT2D eigenvalue weighted by Crippen LogP contribution is 2.14. The molecule has 2 unspecified atom stereocenters. The highest BCUT2D eigenvalue weighted by Gasteiger charge is 2.31. The SMILES string of the molecule is CC1C(=O)NCC(C(=O)O)CN1Cc1ccccc1. The van der Waals surface area contributed by atoms with Crippen LogP contribution in [-0.4, -0.2) is 41.0 Å². The van der Waals surface area contributed by atoms with Crippen LogP contribution >= 0.6 is 0 Å². The Morgan fingerprint density at radius 1 is 1.42 bits per heavy atom. The third-order valence-corrected chi connectivity index (χ3v) is 3.48. The lowest BCUT2D eigenvalue weighted by molar-refractivity contribution is -0.142. The quantitative estimate of drug-likeness (QED) is 0.841. The van der Waals surface area contributed by atoms with Gasteiger partial charge in [-0.15, -0.1) is 0 Å². The summed E-state index contributed by atoms with van der Waals surface area (Å²) in [4.78, 5) is 24.9. The van der Waals surface area contributed by atoms with Gasteiger partial charge >= 0.3 is 5.97 Å². The molecule has 1 aliphatic rings. The van der Waals surface area contributed by atoms with Crippen LogP contribution in [0.5, 0.6) is 0 Å². The molecule has 2 rings (SSSR count). The number of rotatable bonds is 3. The second-order valence-electron chi connectivity index (χ2n) is 4.87. The molecule has 1 saturated heterocycles. The van der Waals surface area contributed by atoms with Gasteiger partial charge in [0.05, 0.1) is 12.0 Å². The summed E-state index contributed by atoms with van der Waals surface area (Å²) in [6, 6.07) is 9.45. The first-order chi connectivity index (χ1) is 9.08. The molecule has 19 heavy (non-hydrogen) atoms. The average molecular weight is 262 g/mol. The molecule has 5 heteroatoms. The van der Waals surface area contributed by atoms with Crippen LogP contribution < -0.4 is 5.32 Å². The van der Waals surface area contributed by atoms with Crippen molar-refractivity contribution in [1.82, 2.24) is 10.2 Å². The number of nitrogens with zero attached hydrogens (tertiary/aromatic N) is 1. The van der Waals surface area contributed by atoms with E-state index >= 15 is 0 Å². The molecule has 1 aromatic rings. The number of amides is 1. The normalized spacial score (nSPS) is 24.6. The fraction of sp³-hybridized carbons (Fsp3) is 0.429. The second-order valence-corrected chi connectivity index (χ2v) is 4.87. The summed E-state index contributed by atoms with van der Waals surface area (Å²) in [6.45, 7) is 2.97. The summed E-state index contributed by atoms with van der Waals surface area (Å²) in [5.74, 6) is -1.54. The van der Waals surface area contributed by atoms with Crippen LogP contribution in [-0.2, 0) is 16.1 Å². The fourth-order valence-corrected chi connectivity index (χ4v) is 2.23. The van der Waals surface area contributed by atoms with Crippen LogP contribution in [0.4, 0.5) is 0 Å². The third kappa shape index (κ3) is 3.32. The Hall–Kier alpha value is -1.88. The maximum Gasteiger partial charge on any atom is 0.309 e. The minimum absolute atomic E-state index is 0.111. The lowest BCUT2D eigenvalue weighted by atomic mass is 10.1. The highest BCUT2D eigenvalue weighted by atomic mass is 16.4. The van der Waals surface area contributed by atoms with E-state index in [1.165, 1.54) is 0 Å². The maximum absolute atomic E-state index is 11.8. The zero-order valence-corrected chi connectivity index (χ0v) is 10.9. The topological polar surface area (TPSA) is 69.6 Å². The van der Waals surface area contributed by atoms with Crippen LogP contribution in [0.2, 0.25) is 0 Å². The smallest absolute Gasteiger partial charge is 0.309 e. The number of nitrogens with one attached hydrogen (secondary N) is 1. The number of carboxylic acid groups (broad SMARTS) is 1. The van der Waals surface area contributed by atoms with Gasteiger partial charge in [-0.05, 0) is 12.5 Å². The molecule has 1 fully saturated rings. The third-order valence-electron chi connectivity index (χ3n) is 3.48. The molecule has 0 aliphatic carbocycles. The molecule has 2 atom stereocenters. The Balaban J connectivity index is 2.14. The molecule has 0 radical (unpaired) electrons. The standard InChI is InChI=1S/C14H18N2O3/c1-10-13(17)15-7-12(14(18)19)9-16(10)8-11-5-3-2-4-6-11/h2-6,10,12H,7-9H2,1H3,(H,15,17)(H,18,19). The zero-order valence-electron chi connectivity index (χ0n) is 10.9. The molecule has 1 amide bonds. The summed E-state index contributed by atoms with van der Waals surface area (Å²) >= 11 is 0. The number of hydrogen-bond acceptors (Lipinski definition) is 3. The molecule has 5 nitrogen and oxygen atoms in total. The van der Waals surface area contributed by atoms with Gasteiger partial charge in [-0.2, -0.15) is 0 Å². The molecule has 1 aliphatic heterocycles. The molecule has 0 aromatic heterocycles. The van der Waals surface area contributed by atoms with E-state index in [1.807, 2.05) is 42.2 Å². The van der Waals surface area contributed by atoms with E-state index in [0.717, 1.165) is 5.56 Å². The summed E-state index contributed by atoms with van der Waals surface area (Å²) in [7, 11) is 0. The molecular formula is C14H18N2O3. The van der Waals surface area contributed by atoms with Crippen molar-refractivity contribution in [3.63, 3.8) is 0 Å². The molecule has 102 valence electrons. The molecular weight excluding hydrogens is 244 g/mol. The molecule has 0 bridgehead atoms. The predicted octanol–water partition coefficient (Wildman–Crippen LogP) is 0.708. The first-order valence-corrected chi connectivity index (χ1v) is 6.36. The van der Waals surface area contributed by atoms with E-state index in [0.29, 0.717) is 13.1 Å². The van der Waals surface area contributed by atoms with Gasteiger partial charge in [0.25, 0.3) is 0 Å². The Morgan fingerprint density at radius 3 is 2.74 bits per heavy atom. The molecule has 1 aromatic carbocycles. The number of carboxylic acids is 1. The van der Waals surface area contributed by atoms with E-state index < -0.39 is 11.9 Å². The van der Waals surface area contributed by atoms with Crippen LogP contribution in [0.25, 0.3) is 0 Å². The number of benzene rings is 1. The van der Waals surface area contributed by atoms with Gasteiger partial charge in [0.2, 0.25) is 5.91 Å². The van der Waals surface area contributed by atoms with Crippen LogP contribution in [0.3, 0.4) is 0 Å². The van der Waals surface area contributed by atoms with E-state index in [-0.39, 0.29) is 18.5 Å². The van der Waals surface area contributed by atoms with E-state index in [1.54, 1.807) is 0 Å². The summed E-state index contributed by atoms with van der Waals surface area (Å²) in [6.07, 6.45) is 0. The van der Waals surface area contributed by atoms with E-state index in [9.17, 15) is 9.59 Å². The summed E-state index contributed by atoms with van der Waals surface area (Å²) in [5, 5.41) is 11.8. The summed E-state index contributed by atoms with van der Waals surface area (Å²) in [5.41, 5.74) is 1.08. The lowest BCUT2D eigenvalue weighted by Crippen LogP contribution is -2.41. The molecule has 0 spiro atoms. The van der Waals surface area contributed by atoms with Crippen molar-refractivity contribution in [3.05, 3.63) is 35.9 Å². The first kappa shape index (κ1) is 13.5.